The molecule has 0 bridgehead atoms. The van der Waals surface area contributed by atoms with Crippen molar-refractivity contribution in [2.24, 2.45) is 0 Å². The topological polar surface area (TPSA) is 210 Å². The third kappa shape index (κ3) is 8.33. The lowest BCUT2D eigenvalue weighted by Gasteiger charge is -2.27. The van der Waals surface area contributed by atoms with Crippen molar-refractivity contribution in [3.8, 4) is 5.88 Å². The molecule has 0 spiro atoms. The Bertz CT molecular complexity index is 2080. The Hall–Kier alpha value is -5.36. The van der Waals surface area contributed by atoms with Gasteiger partial charge in [0.2, 0.25) is 17.7 Å². The molecule has 17 nitrogen and oxygen atoms in total. The maximum atomic E-state index is 13.3. The van der Waals surface area contributed by atoms with Crippen LogP contribution in [-0.4, -0.2) is 93.5 Å². The first-order valence-electron chi connectivity index (χ1n) is 16.8. The summed E-state index contributed by atoms with van der Waals surface area (Å²) in [5.41, 5.74) is 2.60. The Kier molecular flexibility index (Phi) is 11.7. The zero-order valence-corrected chi connectivity index (χ0v) is 30.2. The van der Waals surface area contributed by atoms with Gasteiger partial charge in [0.05, 0.1) is 39.8 Å². The molecule has 278 valence electrons. The number of benzene rings is 1. The van der Waals surface area contributed by atoms with Gasteiger partial charge in [-0.1, -0.05) is 29.3 Å². The highest BCUT2D eigenvalue weighted by molar-refractivity contribution is 6.31. The summed E-state index contributed by atoms with van der Waals surface area (Å²) >= 11 is 12.2. The standard InChI is InChI=1S/C34H36Cl2N10O7/c1-18(52-2)29-23(17-39-26-15-25(36)44-46(26)29)42-34(51)41-22-14-19(35)16-40-31(22)53-13-12-37-10-3-4-11-38-21-7-5-6-20-28(21)33(50)45(32(20)49)24-8-9-27(47)43-30(24)48/h5-7,14-18,24,37-38H,3-4,8-13H2,1-2H3,(H2,41,42,51)(H,43,47,48). The van der Waals surface area contributed by atoms with Crippen molar-refractivity contribution in [3.05, 3.63) is 69.7 Å². The van der Waals surface area contributed by atoms with Gasteiger partial charge in [0.1, 0.15) is 18.3 Å². The van der Waals surface area contributed by atoms with Gasteiger partial charge in [0.25, 0.3) is 11.8 Å². The first-order valence-corrected chi connectivity index (χ1v) is 17.5. The number of amides is 6. The summed E-state index contributed by atoms with van der Waals surface area (Å²) in [5.74, 6) is -2.00. The molecule has 4 aromatic rings. The van der Waals surface area contributed by atoms with E-state index in [2.05, 4.69) is 41.7 Å². The van der Waals surface area contributed by atoms with Crippen LogP contribution in [-0.2, 0) is 14.3 Å². The SMILES string of the molecule is COC(C)c1c(NC(=O)Nc2cc(Cl)cnc2OCCNCCCCNc2cccc3c2C(=O)N(C2CCC(=O)NC2=O)C3=O)cnc2cc(Cl)nn12. The van der Waals surface area contributed by atoms with E-state index < -0.39 is 41.8 Å². The van der Waals surface area contributed by atoms with Gasteiger partial charge < -0.3 is 30.7 Å². The molecule has 2 atom stereocenters. The van der Waals surface area contributed by atoms with Crippen LogP contribution in [0.25, 0.3) is 5.65 Å². The molecule has 19 heteroatoms. The minimum Gasteiger partial charge on any atom is -0.475 e. The zero-order valence-electron chi connectivity index (χ0n) is 28.7. The smallest absolute Gasteiger partial charge is 0.323 e. The maximum absolute atomic E-state index is 13.3. The monoisotopic (exact) mass is 766 g/mol. The second-order valence-electron chi connectivity index (χ2n) is 12.2. The number of anilines is 3. The largest absolute Gasteiger partial charge is 0.475 e. The van der Waals surface area contributed by atoms with Crippen molar-refractivity contribution >= 4 is 75.6 Å². The molecule has 5 heterocycles. The van der Waals surface area contributed by atoms with Gasteiger partial charge in [-0.05, 0) is 50.9 Å². The molecule has 1 fully saturated rings. The van der Waals surface area contributed by atoms with Crippen LogP contribution in [0.4, 0.5) is 21.9 Å². The number of nitrogens with one attached hydrogen (secondary N) is 5. The fourth-order valence-corrected chi connectivity index (χ4v) is 6.37. The third-order valence-corrected chi connectivity index (χ3v) is 9.02. The number of halogens is 2. The first kappa shape index (κ1) is 37.4. The molecule has 2 aliphatic rings. The van der Waals surface area contributed by atoms with Gasteiger partial charge in [0.15, 0.2) is 10.8 Å². The molecule has 0 radical (unpaired) electrons. The number of carbonyl (C=O) groups excluding carboxylic acids is 5. The van der Waals surface area contributed by atoms with Crippen LogP contribution in [0.15, 0.2) is 42.7 Å². The summed E-state index contributed by atoms with van der Waals surface area (Å²) in [7, 11) is 1.53. The van der Waals surface area contributed by atoms with E-state index in [0.29, 0.717) is 47.4 Å². The van der Waals surface area contributed by atoms with Gasteiger partial charge in [-0.3, -0.25) is 29.4 Å². The van der Waals surface area contributed by atoms with E-state index in [1.54, 1.807) is 31.2 Å². The number of carbonyl (C=O) groups is 5. The van der Waals surface area contributed by atoms with Crippen molar-refractivity contribution in [1.29, 1.82) is 0 Å². The minimum absolute atomic E-state index is 0.0567. The fraction of sp³-hybridized carbons (Fsp3) is 0.353. The Morgan fingerprint density at radius 1 is 1.00 bits per heavy atom. The molecule has 2 unspecified atom stereocenters. The second-order valence-corrected chi connectivity index (χ2v) is 13.0. The first-order chi connectivity index (χ1) is 25.5. The number of rotatable bonds is 15. The normalized spacial score (nSPS) is 16.1. The average molecular weight is 768 g/mol. The molecule has 6 amide bonds. The number of fused-ring (bicyclic) bond motifs is 2. The lowest BCUT2D eigenvalue weighted by atomic mass is 10.0. The molecule has 1 aromatic carbocycles. The molecular weight excluding hydrogens is 731 g/mol. The number of aromatic nitrogens is 4. The van der Waals surface area contributed by atoms with Gasteiger partial charge in [0, 0.05) is 44.6 Å². The lowest BCUT2D eigenvalue weighted by molar-refractivity contribution is -0.136. The number of methoxy groups -OCH3 is 1. The fourth-order valence-electron chi connectivity index (χ4n) is 6.03. The highest BCUT2D eigenvalue weighted by Crippen LogP contribution is 2.33. The third-order valence-electron chi connectivity index (χ3n) is 8.63. The predicted octanol–water partition coefficient (Wildman–Crippen LogP) is 4.04. The quantitative estimate of drug-likeness (QED) is 0.0858. The Balaban J connectivity index is 0.946. The zero-order chi connectivity index (χ0) is 37.6. The van der Waals surface area contributed by atoms with Crippen LogP contribution in [0.2, 0.25) is 10.2 Å². The van der Waals surface area contributed by atoms with E-state index in [0.717, 1.165) is 17.7 Å². The van der Waals surface area contributed by atoms with Crippen molar-refractivity contribution in [3.63, 3.8) is 0 Å². The molecule has 5 N–H and O–H groups in total. The molecule has 1 saturated heterocycles. The number of pyridine rings is 1. The van der Waals surface area contributed by atoms with E-state index in [1.807, 2.05) is 0 Å². The Morgan fingerprint density at radius 2 is 1.79 bits per heavy atom. The number of nitrogens with zero attached hydrogens (tertiary/aromatic N) is 5. The van der Waals surface area contributed by atoms with Crippen LogP contribution in [0.3, 0.4) is 0 Å². The van der Waals surface area contributed by atoms with Crippen LogP contribution in [0, 0.1) is 0 Å². The van der Waals surface area contributed by atoms with E-state index >= 15 is 0 Å². The van der Waals surface area contributed by atoms with Gasteiger partial charge in [-0.15, -0.1) is 0 Å². The number of piperidine rings is 1. The lowest BCUT2D eigenvalue weighted by Crippen LogP contribution is -2.54. The van der Waals surface area contributed by atoms with E-state index in [1.165, 1.54) is 30.1 Å². The van der Waals surface area contributed by atoms with Crippen molar-refractivity contribution < 1.29 is 33.4 Å². The predicted molar refractivity (Wildman–Crippen MR) is 195 cm³/mol. The number of unbranched alkanes of at least 4 members (excludes halogenated alkanes) is 1. The summed E-state index contributed by atoms with van der Waals surface area (Å²) in [4.78, 5) is 72.8. The molecule has 6 rings (SSSR count). The van der Waals surface area contributed by atoms with Gasteiger partial charge in [-0.2, -0.15) is 5.10 Å². The summed E-state index contributed by atoms with van der Waals surface area (Å²) in [6.45, 7) is 3.73. The van der Waals surface area contributed by atoms with Gasteiger partial charge in [-0.25, -0.2) is 19.3 Å². The van der Waals surface area contributed by atoms with Crippen LogP contribution in [0.1, 0.15) is 65.1 Å². The molecular formula is C34H36Cl2N10O7. The molecule has 2 aliphatic heterocycles. The maximum Gasteiger partial charge on any atom is 0.323 e. The van der Waals surface area contributed by atoms with Crippen LogP contribution < -0.4 is 31.3 Å². The molecule has 0 saturated carbocycles. The molecule has 0 aliphatic carbocycles. The van der Waals surface area contributed by atoms with Crippen molar-refractivity contribution in [2.75, 3.05) is 49.3 Å². The van der Waals surface area contributed by atoms with E-state index in [-0.39, 0.29) is 47.3 Å². The number of urea groups is 1. The number of ether oxygens (including phenoxy) is 2. The minimum atomic E-state index is -1.02. The number of imide groups is 2. The average Bonchev–Trinajstić information content (AvgIpc) is 3.63. The highest BCUT2D eigenvalue weighted by Gasteiger charge is 2.45. The van der Waals surface area contributed by atoms with E-state index in [4.69, 9.17) is 32.7 Å². The van der Waals surface area contributed by atoms with Crippen LogP contribution in [0.5, 0.6) is 5.88 Å². The highest BCUT2D eigenvalue weighted by atomic mass is 35.5. The van der Waals surface area contributed by atoms with Crippen molar-refractivity contribution in [1.82, 2.24) is 35.1 Å². The summed E-state index contributed by atoms with van der Waals surface area (Å²) in [6.07, 6.45) is 4.14. The van der Waals surface area contributed by atoms with E-state index in [9.17, 15) is 24.0 Å². The number of hydrogen-bond donors (Lipinski definition) is 5. The van der Waals surface area contributed by atoms with Crippen molar-refractivity contribution in [2.45, 2.75) is 44.8 Å². The Labute approximate surface area is 313 Å². The summed E-state index contributed by atoms with van der Waals surface area (Å²) in [5, 5.41) is 19.0. The Morgan fingerprint density at radius 3 is 2.58 bits per heavy atom. The molecule has 53 heavy (non-hydrogen) atoms. The summed E-state index contributed by atoms with van der Waals surface area (Å²) < 4.78 is 12.8. The summed E-state index contributed by atoms with van der Waals surface area (Å²) in [6, 6.07) is 6.46. The van der Waals surface area contributed by atoms with Gasteiger partial charge >= 0.3 is 6.03 Å². The molecule has 3 aromatic heterocycles. The second kappa shape index (κ2) is 16.5. The number of hydrogen-bond acceptors (Lipinski definition) is 12. The van der Waals surface area contributed by atoms with Crippen LogP contribution >= 0.6 is 23.2 Å².